The topological polar surface area (TPSA) is 67.7 Å². The maximum atomic E-state index is 12.9. The molecule has 3 aliphatic rings. The Kier molecular flexibility index (Phi) is 3.46. The smallest absolute Gasteiger partial charge is 0.257 e. The van der Waals surface area contributed by atoms with Crippen LogP contribution in [0.4, 0.5) is 0 Å². The van der Waals surface area contributed by atoms with E-state index < -0.39 is 5.72 Å². The highest BCUT2D eigenvalue weighted by Gasteiger charge is 2.65. The highest BCUT2D eigenvalue weighted by molar-refractivity contribution is 5.95. The van der Waals surface area contributed by atoms with Gasteiger partial charge < -0.3 is 14.5 Å². The van der Waals surface area contributed by atoms with Gasteiger partial charge in [-0.15, -0.1) is 0 Å². The third-order valence-corrected chi connectivity index (χ3v) is 5.72. The minimum absolute atomic E-state index is 0.0529. The van der Waals surface area contributed by atoms with Crippen LogP contribution < -0.4 is 0 Å². The van der Waals surface area contributed by atoms with Crippen molar-refractivity contribution in [2.24, 2.45) is 5.92 Å². The lowest BCUT2D eigenvalue weighted by Crippen LogP contribution is -2.51. The highest BCUT2D eigenvalue weighted by Crippen LogP contribution is 2.49. The molecule has 3 fully saturated rings. The van der Waals surface area contributed by atoms with Gasteiger partial charge in [-0.05, 0) is 12.8 Å². The summed E-state index contributed by atoms with van der Waals surface area (Å²) in [6.45, 7) is 8.13. The van der Waals surface area contributed by atoms with E-state index in [9.17, 15) is 9.59 Å². The third kappa shape index (κ3) is 1.97. The lowest BCUT2D eigenvalue weighted by molar-refractivity contribution is -0.139. The van der Waals surface area contributed by atoms with Crippen LogP contribution in [0.15, 0.2) is 12.4 Å². The fourth-order valence-electron chi connectivity index (χ4n) is 4.43. The van der Waals surface area contributed by atoms with Gasteiger partial charge in [0, 0.05) is 25.7 Å². The van der Waals surface area contributed by atoms with Gasteiger partial charge in [-0.25, -0.2) is 0 Å². The second kappa shape index (κ2) is 5.31. The molecule has 24 heavy (non-hydrogen) atoms. The van der Waals surface area contributed by atoms with Crippen molar-refractivity contribution in [3.63, 3.8) is 0 Å². The summed E-state index contributed by atoms with van der Waals surface area (Å²) in [6.07, 6.45) is 4.43. The van der Waals surface area contributed by atoms with Crippen LogP contribution in [0, 0.1) is 5.92 Å². The Balaban J connectivity index is 1.62. The fourth-order valence-corrected chi connectivity index (χ4v) is 4.43. The summed E-state index contributed by atoms with van der Waals surface area (Å²) in [6, 6.07) is -0.0772. The molecule has 1 aromatic rings. The van der Waals surface area contributed by atoms with Gasteiger partial charge in [0.1, 0.15) is 0 Å². The Bertz CT molecular complexity index is 685. The summed E-state index contributed by atoms with van der Waals surface area (Å²) in [5.74, 6) is 0.403. The number of carbonyl (C=O) groups is 2. The Morgan fingerprint density at radius 2 is 2.29 bits per heavy atom. The number of likely N-dealkylation sites (tertiary alicyclic amines) is 1. The number of ether oxygens (including phenoxy) is 1. The molecule has 0 aromatic carbocycles. The van der Waals surface area contributed by atoms with Crippen LogP contribution in [0.25, 0.3) is 0 Å². The van der Waals surface area contributed by atoms with Crippen LogP contribution in [-0.4, -0.2) is 62.4 Å². The maximum Gasteiger partial charge on any atom is 0.257 e. The maximum absolute atomic E-state index is 12.9. The van der Waals surface area contributed by atoms with Crippen molar-refractivity contribution < 1.29 is 14.3 Å². The predicted octanol–water partition coefficient (Wildman–Crippen LogP) is 1.10. The van der Waals surface area contributed by atoms with Crippen molar-refractivity contribution in [1.29, 1.82) is 0 Å². The van der Waals surface area contributed by atoms with Crippen molar-refractivity contribution in [3.8, 4) is 0 Å². The number of rotatable bonds is 3. The van der Waals surface area contributed by atoms with E-state index in [1.807, 2.05) is 16.7 Å². The lowest BCUT2D eigenvalue weighted by Gasteiger charge is -2.34. The van der Waals surface area contributed by atoms with Crippen LogP contribution in [0.2, 0.25) is 0 Å². The van der Waals surface area contributed by atoms with E-state index in [4.69, 9.17) is 4.74 Å². The molecule has 3 aliphatic heterocycles. The molecule has 7 nitrogen and oxygen atoms in total. The molecule has 3 saturated heterocycles. The number of aromatic nitrogens is 2. The van der Waals surface area contributed by atoms with Crippen molar-refractivity contribution in [1.82, 2.24) is 19.6 Å². The molecule has 2 amide bonds. The van der Waals surface area contributed by atoms with Gasteiger partial charge >= 0.3 is 0 Å². The number of aryl methyl sites for hydroxylation is 1. The van der Waals surface area contributed by atoms with Crippen LogP contribution in [0.5, 0.6) is 0 Å². The van der Waals surface area contributed by atoms with E-state index in [2.05, 4.69) is 18.9 Å². The standard InChI is InChI=1S/C17H24N4O3/c1-4-19-9-12(8-18-19)16(23)20-6-5-17-14(20)7-15(22)21(17)13(10-24-17)11(2)3/h8-9,11,13-14H,4-7,10H2,1-3H3/t13-,14+,17-/m0/s1. The zero-order valence-corrected chi connectivity index (χ0v) is 14.4. The van der Waals surface area contributed by atoms with Crippen molar-refractivity contribution >= 4 is 11.8 Å². The average molecular weight is 332 g/mol. The second-order valence-corrected chi connectivity index (χ2v) is 7.28. The summed E-state index contributed by atoms with van der Waals surface area (Å²) in [5.41, 5.74) is -0.0270. The van der Waals surface area contributed by atoms with Gasteiger partial charge in [0.15, 0.2) is 5.72 Å². The van der Waals surface area contributed by atoms with Crippen LogP contribution >= 0.6 is 0 Å². The van der Waals surface area contributed by atoms with Gasteiger partial charge in [-0.2, -0.15) is 5.10 Å². The molecule has 0 aliphatic carbocycles. The first-order valence-corrected chi connectivity index (χ1v) is 8.77. The first-order valence-electron chi connectivity index (χ1n) is 8.77. The Morgan fingerprint density at radius 3 is 2.96 bits per heavy atom. The van der Waals surface area contributed by atoms with Gasteiger partial charge in [-0.3, -0.25) is 14.3 Å². The van der Waals surface area contributed by atoms with E-state index in [-0.39, 0.29) is 23.9 Å². The zero-order chi connectivity index (χ0) is 17.1. The summed E-state index contributed by atoms with van der Waals surface area (Å²) in [7, 11) is 0. The molecular weight excluding hydrogens is 308 g/mol. The largest absolute Gasteiger partial charge is 0.351 e. The number of hydrogen-bond donors (Lipinski definition) is 0. The molecule has 4 rings (SSSR count). The average Bonchev–Trinajstić information content (AvgIpc) is 3.28. The number of nitrogens with zero attached hydrogens (tertiary/aromatic N) is 4. The Hall–Kier alpha value is -1.89. The normalized spacial score (nSPS) is 31.9. The number of amides is 2. The molecule has 7 heteroatoms. The summed E-state index contributed by atoms with van der Waals surface area (Å²) < 4.78 is 7.91. The molecule has 0 radical (unpaired) electrons. The molecule has 1 aromatic heterocycles. The Labute approximate surface area is 141 Å². The first kappa shape index (κ1) is 15.6. The molecule has 130 valence electrons. The minimum Gasteiger partial charge on any atom is -0.351 e. The summed E-state index contributed by atoms with van der Waals surface area (Å²) in [4.78, 5) is 29.3. The molecule has 0 N–H and O–H groups in total. The quantitative estimate of drug-likeness (QED) is 0.831. The third-order valence-electron chi connectivity index (χ3n) is 5.72. The van der Waals surface area contributed by atoms with Gasteiger partial charge in [0.2, 0.25) is 5.91 Å². The molecule has 3 atom stereocenters. The number of hydrogen-bond acceptors (Lipinski definition) is 4. The van der Waals surface area contributed by atoms with E-state index in [0.29, 0.717) is 37.5 Å². The first-order chi connectivity index (χ1) is 11.5. The number of carbonyl (C=O) groups excluding carboxylic acids is 2. The SMILES string of the molecule is CCn1cc(C(=O)N2CC[C@@]34OC[C@@H](C(C)C)N3C(=O)C[C@@H]24)cn1. The van der Waals surface area contributed by atoms with Crippen molar-refractivity contribution in [2.75, 3.05) is 13.2 Å². The minimum atomic E-state index is -0.609. The van der Waals surface area contributed by atoms with Crippen LogP contribution in [0.1, 0.15) is 44.0 Å². The zero-order valence-electron chi connectivity index (χ0n) is 14.4. The van der Waals surface area contributed by atoms with Gasteiger partial charge in [0.25, 0.3) is 5.91 Å². The van der Waals surface area contributed by atoms with Crippen LogP contribution in [0.3, 0.4) is 0 Å². The van der Waals surface area contributed by atoms with Crippen molar-refractivity contribution in [2.45, 2.75) is 58.0 Å². The van der Waals surface area contributed by atoms with Crippen molar-refractivity contribution in [3.05, 3.63) is 18.0 Å². The summed E-state index contributed by atoms with van der Waals surface area (Å²) >= 11 is 0. The van der Waals surface area contributed by atoms with E-state index in [1.165, 1.54) is 0 Å². The molecule has 1 spiro atoms. The van der Waals surface area contributed by atoms with Crippen LogP contribution in [-0.2, 0) is 16.1 Å². The highest BCUT2D eigenvalue weighted by atomic mass is 16.5. The summed E-state index contributed by atoms with van der Waals surface area (Å²) in [5, 5.41) is 4.19. The molecule has 0 unspecified atom stereocenters. The van der Waals surface area contributed by atoms with E-state index in [0.717, 1.165) is 6.54 Å². The Morgan fingerprint density at radius 1 is 1.50 bits per heavy atom. The molecular formula is C17H24N4O3. The second-order valence-electron chi connectivity index (χ2n) is 7.28. The van der Waals surface area contributed by atoms with Gasteiger partial charge in [0.05, 0.1) is 36.9 Å². The van der Waals surface area contributed by atoms with Gasteiger partial charge in [-0.1, -0.05) is 13.8 Å². The predicted molar refractivity (Wildman–Crippen MR) is 86.1 cm³/mol. The monoisotopic (exact) mass is 332 g/mol. The molecule has 4 heterocycles. The van der Waals surface area contributed by atoms with E-state index >= 15 is 0 Å². The molecule has 0 bridgehead atoms. The van der Waals surface area contributed by atoms with E-state index in [1.54, 1.807) is 17.1 Å². The molecule has 0 saturated carbocycles. The lowest BCUT2D eigenvalue weighted by atomic mass is 10.0. The fraction of sp³-hybridized carbons (Fsp3) is 0.706.